The Bertz CT molecular complexity index is 335. The summed E-state index contributed by atoms with van der Waals surface area (Å²) in [6.07, 6.45) is 8.31. The predicted molar refractivity (Wildman–Crippen MR) is 80.6 cm³/mol. The van der Waals surface area contributed by atoms with E-state index in [0.717, 1.165) is 19.5 Å². The number of likely N-dealkylation sites (tertiary alicyclic amines) is 1. The molecule has 3 atom stereocenters. The van der Waals surface area contributed by atoms with Crippen LogP contribution >= 0.6 is 0 Å². The third-order valence-corrected chi connectivity index (χ3v) is 5.48. The Balaban J connectivity index is 1.39. The number of carbonyl (C=O) groups excluding carboxylic acids is 1. The van der Waals surface area contributed by atoms with Crippen LogP contribution in [0.25, 0.3) is 0 Å². The maximum Gasteiger partial charge on any atom is 0.220 e. The van der Waals surface area contributed by atoms with E-state index in [1.807, 2.05) is 0 Å². The molecule has 20 heavy (non-hydrogen) atoms. The Morgan fingerprint density at radius 3 is 2.70 bits per heavy atom. The van der Waals surface area contributed by atoms with E-state index in [-0.39, 0.29) is 5.91 Å². The van der Waals surface area contributed by atoms with Crippen molar-refractivity contribution >= 4 is 5.91 Å². The van der Waals surface area contributed by atoms with Crippen molar-refractivity contribution in [1.82, 2.24) is 15.5 Å². The molecule has 0 aliphatic carbocycles. The molecule has 3 aliphatic heterocycles. The first-order chi connectivity index (χ1) is 9.74. The molecule has 4 nitrogen and oxygen atoms in total. The average Bonchev–Trinajstić information content (AvgIpc) is 3.02. The van der Waals surface area contributed by atoms with Gasteiger partial charge in [0.15, 0.2) is 0 Å². The third kappa shape index (κ3) is 3.34. The van der Waals surface area contributed by atoms with Gasteiger partial charge in [-0.05, 0) is 57.5 Å². The van der Waals surface area contributed by atoms with Crippen LogP contribution in [0.1, 0.15) is 51.9 Å². The lowest BCUT2D eigenvalue weighted by Crippen LogP contribution is -2.42. The fourth-order valence-electron chi connectivity index (χ4n) is 4.45. The first-order valence-electron chi connectivity index (χ1n) is 8.51. The summed E-state index contributed by atoms with van der Waals surface area (Å²) in [6.45, 7) is 5.38. The Morgan fingerprint density at radius 2 is 2.00 bits per heavy atom. The smallest absolute Gasteiger partial charge is 0.220 e. The molecular formula is C16H29N3O. The number of carbonyl (C=O) groups is 1. The highest BCUT2D eigenvalue weighted by molar-refractivity contribution is 5.76. The molecule has 0 radical (unpaired) electrons. The molecule has 3 aliphatic rings. The molecule has 1 amide bonds. The zero-order valence-electron chi connectivity index (χ0n) is 12.7. The minimum atomic E-state index is 0.277. The van der Waals surface area contributed by atoms with E-state index >= 15 is 0 Å². The molecule has 3 unspecified atom stereocenters. The van der Waals surface area contributed by atoms with Crippen molar-refractivity contribution in [2.24, 2.45) is 5.92 Å². The molecular weight excluding hydrogens is 250 g/mol. The number of amides is 1. The van der Waals surface area contributed by atoms with Crippen LogP contribution in [-0.4, -0.2) is 48.6 Å². The molecule has 0 saturated carbocycles. The molecule has 3 saturated heterocycles. The molecule has 3 fully saturated rings. The number of fused-ring (bicyclic) bond motifs is 2. The summed E-state index contributed by atoms with van der Waals surface area (Å²) in [5.74, 6) is 0.888. The van der Waals surface area contributed by atoms with Crippen LogP contribution in [0.2, 0.25) is 0 Å². The second-order valence-corrected chi connectivity index (χ2v) is 6.91. The van der Waals surface area contributed by atoms with E-state index < -0.39 is 0 Å². The van der Waals surface area contributed by atoms with Crippen molar-refractivity contribution in [1.29, 1.82) is 0 Å². The van der Waals surface area contributed by atoms with Gasteiger partial charge in [0.25, 0.3) is 0 Å². The molecule has 0 aromatic rings. The SMILES string of the molecule is CCN1CCCC1CNC(=O)CC1CC2CCC(C1)N2. The standard InChI is InChI=1S/C16H29N3O/c1-2-19-7-3-4-15(19)11-17-16(20)10-12-8-13-5-6-14(9-12)18-13/h12-15,18H,2-11H2,1H3,(H,17,20). The Kier molecular flexibility index (Phi) is 4.61. The third-order valence-electron chi connectivity index (χ3n) is 5.48. The van der Waals surface area contributed by atoms with E-state index in [0.29, 0.717) is 24.0 Å². The van der Waals surface area contributed by atoms with Gasteiger partial charge in [-0.3, -0.25) is 9.69 Å². The number of piperidine rings is 1. The summed E-state index contributed by atoms with van der Waals surface area (Å²) in [5.41, 5.74) is 0. The van der Waals surface area contributed by atoms with Gasteiger partial charge >= 0.3 is 0 Å². The Hall–Kier alpha value is -0.610. The monoisotopic (exact) mass is 279 g/mol. The number of nitrogens with one attached hydrogen (secondary N) is 2. The first-order valence-corrected chi connectivity index (χ1v) is 8.51. The molecule has 0 aromatic carbocycles. The zero-order valence-corrected chi connectivity index (χ0v) is 12.7. The summed E-state index contributed by atoms with van der Waals surface area (Å²) < 4.78 is 0. The van der Waals surface area contributed by atoms with Gasteiger partial charge in [0.1, 0.15) is 0 Å². The zero-order chi connectivity index (χ0) is 13.9. The second-order valence-electron chi connectivity index (χ2n) is 6.91. The largest absolute Gasteiger partial charge is 0.355 e. The van der Waals surface area contributed by atoms with Crippen LogP contribution in [-0.2, 0) is 4.79 Å². The van der Waals surface area contributed by atoms with Gasteiger partial charge in [-0.25, -0.2) is 0 Å². The van der Waals surface area contributed by atoms with Gasteiger partial charge in [-0.15, -0.1) is 0 Å². The van der Waals surface area contributed by atoms with Crippen LogP contribution in [0.5, 0.6) is 0 Å². The van der Waals surface area contributed by atoms with Crippen LogP contribution in [0.15, 0.2) is 0 Å². The topological polar surface area (TPSA) is 44.4 Å². The van der Waals surface area contributed by atoms with E-state index in [1.165, 1.54) is 45.1 Å². The number of rotatable bonds is 5. The van der Waals surface area contributed by atoms with Crippen molar-refractivity contribution in [2.75, 3.05) is 19.6 Å². The van der Waals surface area contributed by atoms with Gasteiger partial charge < -0.3 is 10.6 Å². The molecule has 2 bridgehead atoms. The second kappa shape index (κ2) is 6.44. The van der Waals surface area contributed by atoms with Crippen molar-refractivity contribution in [3.8, 4) is 0 Å². The molecule has 0 aromatic heterocycles. The normalized spacial score (nSPS) is 37.2. The van der Waals surface area contributed by atoms with Crippen LogP contribution in [0, 0.1) is 5.92 Å². The predicted octanol–water partition coefficient (Wildman–Crippen LogP) is 1.51. The maximum atomic E-state index is 12.1. The van der Waals surface area contributed by atoms with E-state index in [9.17, 15) is 4.79 Å². The van der Waals surface area contributed by atoms with Crippen molar-refractivity contribution in [3.63, 3.8) is 0 Å². The van der Waals surface area contributed by atoms with Crippen molar-refractivity contribution in [2.45, 2.75) is 70.0 Å². The molecule has 0 spiro atoms. The summed E-state index contributed by atoms with van der Waals surface area (Å²) in [6, 6.07) is 1.96. The summed E-state index contributed by atoms with van der Waals surface area (Å²) in [4.78, 5) is 14.6. The van der Waals surface area contributed by atoms with E-state index in [1.54, 1.807) is 0 Å². The minimum Gasteiger partial charge on any atom is -0.355 e. The molecule has 114 valence electrons. The average molecular weight is 279 g/mol. The fourth-order valence-corrected chi connectivity index (χ4v) is 4.45. The number of likely N-dealkylation sites (N-methyl/N-ethyl adjacent to an activating group) is 1. The minimum absolute atomic E-state index is 0.277. The lowest BCUT2D eigenvalue weighted by atomic mass is 9.89. The van der Waals surface area contributed by atoms with Crippen molar-refractivity contribution < 1.29 is 4.79 Å². The maximum absolute atomic E-state index is 12.1. The van der Waals surface area contributed by atoms with Gasteiger partial charge in [0.05, 0.1) is 0 Å². The van der Waals surface area contributed by atoms with Crippen LogP contribution in [0.3, 0.4) is 0 Å². The van der Waals surface area contributed by atoms with Gasteiger partial charge in [-0.1, -0.05) is 6.92 Å². The highest BCUT2D eigenvalue weighted by Gasteiger charge is 2.34. The van der Waals surface area contributed by atoms with E-state index in [2.05, 4.69) is 22.5 Å². The quantitative estimate of drug-likeness (QED) is 0.802. The van der Waals surface area contributed by atoms with Crippen LogP contribution in [0.4, 0.5) is 0 Å². The number of hydrogen-bond acceptors (Lipinski definition) is 3. The Labute approximate surface area is 122 Å². The van der Waals surface area contributed by atoms with Gasteiger partial charge in [0.2, 0.25) is 5.91 Å². The fraction of sp³-hybridized carbons (Fsp3) is 0.938. The highest BCUT2D eigenvalue weighted by Crippen LogP contribution is 2.32. The number of nitrogens with zero attached hydrogens (tertiary/aromatic N) is 1. The van der Waals surface area contributed by atoms with Gasteiger partial charge in [-0.2, -0.15) is 0 Å². The summed E-state index contributed by atoms with van der Waals surface area (Å²) >= 11 is 0. The number of hydrogen-bond donors (Lipinski definition) is 2. The van der Waals surface area contributed by atoms with Gasteiger partial charge in [0, 0.05) is 31.1 Å². The Morgan fingerprint density at radius 1 is 1.25 bits per heavy atom. The first kappa shape index (κ1) is 14.3. The van der Waals surface area contributed by atoms with E-state index in [4.69, 9.17) is 0 Å². The molecule has 3 rings (SSSR count). The highest BCUT2D eigenvalue weighted by atomic mass is 16.1. The van der Waals surface area contributed by atoms with Crippen molar-refractivity contribution in [3.05, 3.63) is 0 Å². The summed E-state index contributed by atoms with van der Waals surface area (Å²) in [5, 5.41) is 6.83. The molecule has 4 heteroatoms. The molecule has 3 heterocycles. The molecule has 2 N–H and O–H groups in total. The van der Waals surface area contributed by atoms with Crippen LogP contribution < -0.4 is 10.6 Å². The lowest BCUT2D eigenvalue weighted by molar-refractivity contribution is -0.122. The lowest BCUT2D eigenvalue weighted by Gasteiger charge is -2.29. The summed E-state index contributed by atoms with van der Waals surface area (Å²) in [7, 11) is 0.